The molecule has 0 bridgehead atoms. The molecule has 1 N–H and O–H groups in total. The number of fused-ring (bicyclic) bond motifs is 7. The molecule has 5 heteroatoms. The maximum Gasteiger partial charge on any atom is 0.0986 e. The standard InChI is InChI=1S/C28H18N4O/c33-32-23-13-5-4-10-19(23)24(28(32)17-8-2-1-3-9-17)22-16-21-18-11-6-14-29-26(18)27-20(25(21)31-22)12-7-15-30-27/h1-15,33H,16H2. The van der Waals surface area contributed by atoms with Crippen molar-refractivity contribution >= 4 is 44.1 Å². The van der Waals surface area contributed by atoms with Gasteiger partial charge in [-0.2, -0.15) is 4.73 Å². The fourth-order valence-corrected chi connectivity index (χ4v) is 5.08. The summed E-state index contributed by atoms with van der Waals surface area (Å²) in [5, 5.41) is 14.2. The topological polar surface area (TPSA) is 63.3 Å². The fourth-order valence-electron chi connectivity index (χ4n) is 5.08. The molecule has 0 radical (unpaired) electrons. The summed E-state index contributed by atoms with van der Waals surface area (Å²) in [4.78, 5) is 14.4. The monoisotopic (exact) mass is 426 g/mol. The van der Waals surface area contributed by atoms with E-state index in [2.05, 4.69) is 28.2 Å². The molecule has 0 fully saturated rings. The summed E-state index contributed by atoms with van der Waals surface area (Å²) in [5.74, 6) is 0. The number of hydrogen-bond donors (Lipinski definition) is 1. The molecule has 5 nitrogen and oxygen atoms in total. The van der Waals surface area contributed by atoms with Crippen molar-refractivity contribution in [2.24, 2.45) is 4.99 Å². The maximum atomic E-state index is 11.2. The Morgan fingerprint density at radius 1 is 0.697 bits per heavy atom. The van der Waals surface area contributed by atoms with Gasteiger partial charge in [-0.25, -0.2) is 0 Å². The lowest BCUT2D eigenvalue weighted by Crippen LogP contribution is -2.04. The summed E-state index contributed by atoms with van der Waals surface area (Å²) in [7, 11) is 0. The van der Waals surface area contributed by atoms with Gasteiger partial charge >= 0.3 is 0 Å². The first-order valence-corrected chi connectivity index (χ1v) is 10.9. The average molecular weight is 426 g/mol. The van der Waals surface area contributed by atoms with Crippen LogP contribution in [0.2, 0.25) is 0 Å². The highest BCUT2D eigenvalue weighted by Gasteiger charge is 2.28. The molecule has 3 aromatic carbocycles. The second-order valence-corrected chi connectivity index (χ2v) is 8.28. The van der Waals surface area contributed by atoms with E-state index in [1.807, 2.05) is 66.9 Å². The molecule has 0 amide bonds. The largest absolute Gasteiger partial charge is 0.428 e. The second-order valence-electron chi connectivity index (χ2n) is 8.28. The lowest BCUT2D eigenvalue weighted by molar-refractivity contribution is 0.204. The Hall–Kier alpha value is -4.51. The minimum atomic E-state index is 0.663. The van der Waals surface area contributed by atoms with Crippen LogP contribution in [0.25, 0.3) is 44.0 Å². The molecule has 1 aliphatic rings. The Labute approximate surface area is 189 Å². The van der Waals surface area contributed by atoms with E-state index in [0.29, 0.717) is 6.42 Å². The third-order valence-corrected chi connectivity index (χ3v) is 6.48. The molecule has 0 atom stereocenters. The van der Waals surface area contributed by atoms with E-state index < -0.39 is 0 Å². The Balaban J connectivity index is 1.56. The van der Waals surface area contributed by atoms with Gasteiger partial charge in [-0.05, 0) is 29.8 Å². The minimum absolute atomic E-state index is 0.663. The number of aliphatic imine (C=N–C) groups is 1. The van der Waals surface area contributed by atoms with Crippen molar-refractivity contribution in [3.05, 3.63) is 102 Å². The van der Waals surface area contributed by atoms with Crippen LogP contribution in [0.4, 0.5) is 5.69 Å². The highest BCUT2D eigenvalue weighted by atomic mass is 16.5. The summed E-state index contributed by atoms with van der Waals surface area (Å²) in [6, 6.07) is 26.0. The molecule has 3 aromatic heterocycles. The van der Waals surface area contributed by atoms with E-state index in [4.69, 9.17) is 4.99 Å². The molecule has 0 saturated carbocycles. The van der Waals surface area contributed by atoms with Gasteiger partial charge in [0.15, 0.2) is 0 Å². The van der Waals surface area contributed by atoms with Crippen molar-refractivity contribution in [1.29, 1.82) is 0 Å². The first kappa shape index (κ1) is 18.1. The molecule has 4 heterocycles. The first-order valence-electron chi connectivity index (χ1n) is 10.9. The number of pyridine rings is 2. The van der Waals surface area contributed by atoms with Crippen molar-refractivity contribution in [3.63, 3.8) is 0 Å². The van der Waals surface area contributed by atoms with Gasteiger partial charge in [0.2, 0.25) is 0 Å². The third kappa shape index (κ3) is 2.50. The molecule has 0 unspecified atom stereocenters. The molecule has 0 aliphatic carbocycles. The van der Waals surface area contributed by atoms with Gasteiger partial charge in [0, 0.05) is 46.1 Å². The smallest absolute Gasteiger partial charge is 0.0986 e. The van der Waals surface area contributed by atoms with Gasteiger partial charge in [0.25, 0.3) is 0 Å². The Morgan fingerprint density at radius 2 is 1.36 bits per heavy atom. The zero-order valence-corrected chi connectivity index (χ0v) is 17.6. The number of benzene rings is 3. The molecule has 0 spiro atoms. The van der Waals surface area contributed by atoms with Crippen LogP contribution in [0.3, 0.4) is 0 Å². The van der Waals surface area contributed by atoms with Crippen LogP contribution in [0.1, 0.15) is 11.1 Å². The zero-order chi connectivity index (χ0) is 21.9. The number of nitrogens with zero attached hydrogens (tertiary/aromatic N) is 4. The maximum absolute atomic E-state index is 11.2. The lowest BCUT2D eigenvalue weighted by atomic mass is 9.95. The highest BCUT2D eigenvalue weighted by molar-refractivity contribution is 6.23. The van der Waals surface area contributed by atoms with Gasteiger partial charge in [-0.15, -0.1) is 0 Å². The van der Waals surface area contributed by atoms with Crippen LogP contribution in [0, 0.1) is 0 Å². The van der Waals surface area contributed by atoms with E-state index in [0.717, 1.165) is 66.5 Å². The number of hydrogen-bond acceptors (Lipinski definition) is 4. The lowest BCUT2D eigenvalue weighted by Gasteiger charge is -2.08. The molecule has 156 valence electrons. The van der Waals surface area contributed by atoms with Crippen molar-refractivity contribution < 1.29 is 5.21 Å². The van der Waals surface area contributed by atoms with Crippen LogP contribution in [0.5, 0.6) is 0 Å². The van der Waals surface area contributed by atoms with Gasteiger partial charge < -0.3 is 5.21 Å². The summed E-state index contributed by atoms with van der Waals surface area (Å²) in [6.45, 7) is 0. The SMILES string of the molecule is On1c(-c2ccccc2)c(C2=Nc3c(c4cccnc4c4ncccc34)C2)c2ccccc21. The minimum Gasteiger partial charge on any atom is -0.428 e. The van der Waals surface area contributed by atoms with E-state index in [1.165, 1.54) is 4.73 Å². The van der Waals surface area contributed by atoms with Gasteiger partial charge in [-0.1, -0.05) is 54.6 Å². The van der Waals surface area contributed by atoms with E-state index in [9.17, 15) is 5.21 Å². The third-order valence-electron chi connectivity index (χ3n) is 6.48. The normalized spacial score (nSPS) is 13.0. The molecule has 7 rings (SSSR count). The summed E-state index contributed by atoms with van der Waals surface area (Å²) < 4.78 is 1.30. The van der Waals surface area contributed by atoms with E-state index in [-0.39, 0.29) is 0 Å². The Bertz CT molecular complexity index is 1750. The number of rotatable bonds is 2. The first-order chi connectivity index (χ1) is 16.3. The predicted molar refractivity (Wildman–Crippen MR) is 132 cm³/mol. The molecule has 6 aromatic rings. The average Bonchev–Trinajstić information content (AvgIpc) is 3.45. The zero-order valence-electron chi connectivity index (χ0n) is 17.6. The van der Waals surface area contributed by atoms with Crippen molar-refractivity contribution in [2.75, 3.05) is 0 Å². The van der Waals surface area contributed by atoms with Crippen LogP contribution in [-0.2, 0) is 6.42 Å². The van der Waals surface area contributed by atoms with E-state index >= 15 is 0 Å². The van der Waals surface area contributed by atoms with Crippen molar-refractivity contribution in [3.8, 4) is 11.3 Å². The quantitative estimate of drug-likeness (QED) is 0.260. The summed E-state index contributed by atoms with van der Waals surface area (Å²) >= 11 is 0. The Kier molecular flexibility index (Phi) is 3.70. The van der Waals surface area contributed by atoms with Crippen molar-refractivity contribution in [2.45, 2.75) is 6.42 Å². The number of aromatic nitrogens is 3. The van der Waals surface area contributed by atoms with Gasteiger partial charge in [-0.3, -0.25) is 15.0 Å². The van der Waals surface area contributed by atoms with Gasteiger partial charge in [0.05, 0.1) is 33.6 Å². The van der Waals surface area contributed by atoms with Crippen LogP contribution in [-0.4, -0.2) is 25.6 Å². The number of para-hydroxylation sites is 1. The van der Waals surface area contributed by atoms with Crippen LogP contribution >= 0.6 is 0 Å². The molecular weight excluding hydrogens is 408 g/mol. The van der Waals surface area contributed by atoms with E-state index in [1.54, 1.807) is 6.20 Å². The fraction of sp³-hybridized carbons (Fsp3) is 0.0357. The molecule has 1 aliphatic heterocycles. The van der Waals surface area contributed by atoms with Crippen LogP contribution in [0.15, 0.2) is 96.2 Å². The Morgan fingerprint density at radius 3 is 2.18 bits per heavy atom. The summed E-state index contributed by atoms with van der Waals surface area (Å²) in [6.07, 6.45) is 4.28. The second kappa shape index (κ2) is 6.74. The highest BCUT2D eigenvalue weighted by Crippen LogP contribution is 2.43. The predicted octanol–water partition coefficient (Wildman–Crippen LogP) is 6.32. The van der Waals surface area contributed by atoms with Crippen molar-refractivity contribution in [1.82, 2.24) is 14.7 Å². The molecule has 0 saturated heterocycles. The molecular formula is C28H18N4O. The molecule has 33 heavy (non-hydrogen) atoms. The van der Waals surface area contributed by atoms with Gasteiger partial charge in [0.1, 0.15) is 0 Å². The summed E-state index contributed by atoms with van der Waals surface area (Å²) in [5.41, 5.74) is 8.24. The van der Waals surface area contributed by atoms with Crippen LogP contribution < -0.4 is 0 Å².